The van der Waals surface area contributed by atoms with Gasteiger partial charge in [0.15, 0.2) is 0 Å². The van der Waals surface area contributed by atoms with E-state index in [0.717, 1.165) is 10.8 Å². The first-order chi connectivity index (χ1) is 8.75. The maximum atomic E-state index is 12.7. The van der Waals surface area contributed by atoms with E-state index >= 15 is 0 Å². The summed E-state index contributed by atoms with van der Waals surface area (Å²) in [6, 6.07) is 9.58. The Morgan fingerprint density at radius 2 is 2.00 bits per heavy atom. The number of aromatic nitrogens is 1. The summed E-state index contributed by atoms with van der Waals surface area (Å²) in [7, 11) is 0. The van der Waals surface area contributed by atoms with Crippen molar-refractivity contribution in [3.63, 3.8) is 0 Å². The highest BCUT2D eigenvalue weighted by molar-refractivity contribution is 7.99. The largest absolute Gasteiger partial charge is 0.493 e. The number of hydrogen-bond acceptors (Lipinski definition) is 4. The van der Waals surface area contributed by atoms with Gasteiger partial charge in [-0.2, -0.15) is 0 Å². The molecular weight excluding hydrogens is 251 g/mol. The number of hydrogen-bond donors (Lipinski definition) is 1. The summed E-state index contributed by atoms with van der Waals surface area (Å²) < 4.78 is 18.1. The molecule has 1 aromatic heterocycles. The number of halogens is 1. The van der Waals surface area contributed by atoms with Crippen LogP contribution < -0.4 is 10.5 Å². The molecule has 0 atom stereocenters. The van der Waals surface area contributed by atoms with Crippen molar-refractivity contribution in [2.75, 3.05) is 18.1 Å². The van der Waals surface area contributed by atoms with Gasteiger partial charge in [-0.3, -0.25) is 0 Å². The van der Waals surface area contributed by atoms with E-state index in [4.69, 9.17) is 10.5 Å². The van der Waals surface area contributed by atoms with Crippen molar-refractivity contribution in [1.29, 1.82) is 0 Å². The second-order valence-corrected chi connectivity index (χ2v) is 4.63. The SMILES string of the molecule is Nc1cccnc1SCCOc1ccc(F)cc1. The van der Waals surface area contributed by atoms with Crippen molar-refractivity contribution in [2.24, 2.45) is 0 Å². The molecule has 0 saturated carbocycles. The summed E-state index contributed by atoms with van der Waals surface area (Å²) in [5, 5.41) is 0.806. The zero-order valence-corrected chi connectivity index (χ0v) is 10.5. The van der Waals surface area contributed by atoms with Gasteiger partial charge in [0.05, 0.1) is 12.3 Å². The van der Waals surface area contributed by atoms with Crippen molar-refractivity contribution < 1.29 is 9.13 Å². The maximum Gasteiger partial charge on any atom is 0.123 e. The summed E-state index contributed by atoms with van der Waals surface area (Å²) in [5.74, 6) is 1.13. The molecule has 0 fully saturated rings. The highest BCUT2D eigenvalue weighted by Crippen LogP contribution is 2.21. The van der Waals surface area contributed by atoms with Crippen LogP contribution >= 0.6 is 11.8 Å². The van der Waals surface area contributed by atoms with E-state index in [1.807, 2.05) is 6.07 Å². The first-order valence-corrected chi connectivity index (χ1v) is 6.46. The fourth-order valence-corrected chi connectivity index (χ4v) is 2.08. The van der Waals surface area contributed by atoms with Crippen LogP contribution in [0.1, 0.15) is 0 Å². The second-order valence-electron chi connectivity index (χ2n) is 3.55. The molecule has 94 valence electrons. The van der Waals surface area contributed by atoms with Gasteiger partial charge < -0.3 is 10.5 Å². The molecule has 0 aliphatic rings. The van der Waals surface area contributed by atoms with Crippen LogP contribution in [0.5, 0.6) is 5.75 Å². The Morgan fingerprint density at radius 1 is 1.22 bits per heavy atom. The first kappa shape index (κ1) is 12.7. The molecular formula is C13H13FN2OS. The molecule has 0 bridgehead atoms. The van der Waals surface area contributed by atoms with Crippen molar-refractivity contribution in [2.45, 2.75) is 5.03 Å². The summed E-state index contributed by atoms with van der Waals surface area (Å²) >= 11 is 1.53. The maximum absolute atomic E-state index is 12.7. The van der Waals surface area contributed by atoms with E-state index < -0.39 is 0 Å². The van der Waals surface area contributed by atoms with Gasteiger partial charge in [-0.1, -0.05) is 0 Å². The van der Waals surface area contributed by atoms with Gasteiger partial charge >= 0.3 is 0 Å². The Labute approximate surface area is 109 Å². The van der Waals surface area contributed by atoms with Crippen LogP contribution in [0.3, 0.4) is 0 Å². The van der Waals surface area contributed by atoms with Crippen LogP contribution in [0.15, 0.2) is 47.6 Å². The number of ether oxygens (including phenoxy) is 1. The molecule has 2 N–H and O–H groups in total. The zero-order valence-electron chi connectivity index (χ0n) is 9.67. The van der Waals surface area contributed by atoms with E-state index in [9.17, 15) is 4.39 Å². The molecule has 0 saturated heterocycles. The number of anilines is 1. The normalized spacial score (nSPS) is 10.3. The molecule has 3 nitrogen and oxygen atoms in total. The van der Waals surface area contributed by atoms with Gasteiger partial charge in [-0.05, 0) is 36.4 Å². The van der Waals surface area contributed by atoms with E-state index in [0.29, 0.717) is 18.0 Å². The van der Waals surface area contributed by atoms with Gasteiger partial charge in [0.1, 0.15) is 16.6 Å². The first-order valence-electron chi connectivity index (χ1n) is 5.47. The van der Waals surface area contributed by atoms with Crippen LogP contribution in [-0.4, -0.2) is 17.3 Å². The van der Waals surface area contributed by atoms with Gasteiger partial charge in [0.25, 0.3) is 0 Å². The second kappa shape index (κ2) is 6.26. The number of benzene rings is 1. The fourth-order valence-electron chi connectivity index (χ4n) is 1.35. The number of nitrogens with zero attached hydrogens (tertiary/aromatic N) is 1. The third kappa shape index (κ3) is 3.63. The predicted octanol–water partition coefficient (Wildman–Crippen LogP) is 2.97. The lowest BCUT2D eigenvalue weighted by molar-refractivity contribution is 0.343. The summed E-state index contributed by atoms with van der Waals surface area (Å²) in [5.41, 5.74) is 6.44. The Balaban J connectivity index is 1.76. The highest BCUT2D eigenvalue weighted by atomic mass is 32.2. The fraction of sp³-hybridized carbons (Fsp3) is 0.154. The summed E-state index contributed by atoms with van der Waals surface area (Å²) in [6.07, 6.45) is 1.71. The van der Waals surface area contributed by atoms with E-state index in [-0.39, 0.29) is 5.82 Å². The molecule has 0 aliphatic heterocycles. The molecule has 0 spiro atoms. The molecule has 0 amide bonds. The van der Waals surface area contributed by atoms with Crippen LogP contribution in [0.4, 0.5) is 10.1 Å². The average Bonchev–Trinajstić information content (AvgIpc) is 2.39. The smallest absolute Gasteiger partial charge is 0.123 e. The lowest BCUT2D eigenvalue weighted by Crippen LogP contribution is -2.01. The minimum atomic E-state index is -0.266. The van der Waals surface area contributed by atoms with Gasteiger partial charge in [0.2, 0.25) is 0 Å². The van der Waals surface area contributed by atoms with Crippen molar-refractivity contribution in [1.82, 2.24) is 4.98 Å². The van der Waals surface area contributed by atoms with Gasteiger partial charge in [0, 0.05) is 11.9 Å². The Bertz CT molecular complexity index is 505. The summed E-state index contributed by atoms with van der Waals surface area (Å²) in [4.78, 5) is 4.17. The van der Waals surface area contributed by atoms with E-state index in [1.54, 1.807) is 24.4 Å². The standard InChI is InChI=1S/C13H13FN2OS/c14-10-3-5-11(6-4-10)17-8-9-18-13-12(15)2-1-7-16-13/h1-7H,8-9,15H2. The molecule has 1 aromatic carbocycles. The number of nitrogens with two attached hydrogens (primary N) is 1. The van der Waals surface area contributed by atoms with Gasteiger partial charge in [-0.15, -0.1) is 11.8 Å². The monoisotopic (exact) mass is 264 g/mol. The van der Waals surface area contributed by atoms with Crippen molar-refractivity contribution >= 4 is 17.4 Å². The van der Waals surface area contributed by atoms with Crippen LogP contribution in [-0.2, 0) is 0 Å². The highest BCUT2D eigenvalue weighted by Gasteiger charge is 2.00. The molecule has 2 aromatic rings. The predicted molar refractivity (Wildman–Crippen MR) is 71.3 cm³/mol. The molecule has 1 heterocycles. The number of rotatable bonds is 5. The molecule has 0 unspecified atom stereocenters. The van der Waals surface area contributed by atoms with E-state index in [2.05, 4.69) is 4.98 Å². The minimum absolute atomic E-state index is 0.266. The van der Waals surface area contributed by atoms with Crippen molar-refractivity contribution in [3.8, 4) is 5.75 Å². The topological polar surface area (TPSA) is 48.1 Å². The van der Waals surface area contributed by atoms with Crippen LogP contribution in [0, 0.1) is 5.82 Å². The Morgan fingerprint density at radius 3 is 2.72 bits per heavy atom. The summed E-state index contributed by atoms with van der Waals surface area (Å²) in [6.45, 7) is 0.520. The van der Waals surface area contributed by atoms with Gasteiger partial charge in [-0.25, -0.2) is 9.37 Å². The lowest BCUT2D eigenvalue weighted by Gasteiger charge is -2.06. The zero-order chi connectivity index (χ0) is 12.8. The molecule has 0 radical (unpaired) electrons. The Kier molecular flexibility index (Phi) is 4.41. The van der Waals surface area contributed by atoms with Crippen LogP contribution in [0.25, 0.3) is 0 Å². The molecule has 5 heteroatoms. The number of thioether (sulfide) groups is 1. The average molecular weight is 264 g/mol. The number of nitrogen functional groups attached to an aromatic ring is 1. The molecule has 0 aliphatic carbocycles. The Hall–Kier alpha value is -1.75. The van der Waals surface area contributed by atoms with Crippen LogP contribution in [0.2, 0.25) is 0 Å². The lowest BCUT2D eigenvalue weighted by atomic mass is 10.3. The van der Waals surface area contributed by atoms with Crippen molar-refractivity contribution in [3.05, 3.63) is 48.4 Å². The quantitative estimate of drug-likeness (QED) is 0.666. The third-order valence-electron chi connectivity index (χ3n) is 2.21. The minimum Gasteiger partial charge on any atom is -0.493 e. The van der Waals surface area contributed by atoms with E-state index in [1.165, 1.54) is 23.9 Å². The molecule has 2 rings (SSSR count). The number of pyridine rings is 1. The third-order valence-corrected chi connectivity index (χ3v) is 3.19. The molecule has 18 heavy (non-hydrogen) atoms.